The van der Waals surface area contributed by atoms with Gasteiger partial charge < -0.3 is 20.0 Å². The van der Waals surface area contributed by atoms with E-state index in [-0.39, 0.29) is 18.0 Å². The Balaban J connectivity index is 1.75. The molecule has 0 aliphatic carbocycles. The molecule has 4 rings (SSSR count). The van der Waals surface area contributed by atoms with Crippen molar-refractivity contribution in [3.8, 4) is 40.1 Å². The molecule has 0 radical (unpaired) electrons. The summed E-state index contributed by atoms with van der Waals surface area (Å²) in [6.07, 6.45) is 3.49. The number of nitriles is 1. The summed E-state index contributed by atoms with van der Waals surface area (Å²) in [5.74, 6) is 1.68. The number of hydrogen-bond acceptors (Lipinski definition) is 7. The van der Waals surface area contributed by atoms with Gasteiger partial charge in [-0.3, -0.25) is 0 Å². The van der Waals surface area contributed by atoms with Crippen LogP contribution in [0.2, 0.25) is 0 Å². The molecule has 3 N–H and O–H groups in total. The molecule has 0 saturated heterocycles. The van der Waals surface area contributed by atoms with Gasteiger partial charge in [0.2, 0.25) is 0 Å². The van der Waals surface area contributed by atoms with Crippen LogP contribution in [0.25, 0.3) is 28.3 Å². The molecular weight excluding hydrogens is 370 g/mol. The Morgan fingerprint density at radius 2 is 2.03 bits per heavy atom. The van der Waals surface area contributed by atoms with Crippen LogP contribution in [0, 0.1) is 11.3 Å². The molecule has 29 heavy (non-hydrogen) atoms. The number of aromatic nitrogens is 3. The summed E-state index contributed by atoms with van der Waals surface area (Å²) in [5.41, 5.74) is 8.90. The van der Waals surface area contributed by atoms with Gasteiger partial charge >= 0.3 is 0 Å². The first-order chi connectivity index (χ1) is 14.1. The molecular formula is C21H17N5O3. The molecule has 0 aliphatic heterocycles. The van der Waals surface area contributed by atoms with E-state index in [0.717, 1.165) is 17.0 Å². The fourth-order valence-corrected chi connectivity index (χ4v) is 2.96. The van der Waals surface area contributed by atoms with E-state index in [1.807, 2.05) is 30.5 Å². The summed E-state index contributed by atoms with van der Waals surface area (Å²) in [6.45, 7) is -0.232. The molecule has 0 unspecified atom stereocenters. The van der Waals surface area contributed by atoms with Crippen molar-refractivity contribution in [2.45, 2.75) is 6.61 Å². The zero-order chi connectivity index (χ0) is 20.4. The summed E-state index contributed by atoms with van der Waals surface area (Å²) >= 11 is 0. The van der Waals surface area contributed by atoms with E-state index in [1.54, 1.807) is 36.2 Å². The third-order valence-electron chi connectivity index (χ3n) is 4.46. The quantitative estimate of drug-likeness (QED) is 0.539. The molecule has 8 heteroatoms. The molecule has 144 valence electrons. The van der Waals surface area contributed by atoms with Crippen molar-refractivity contribution in [2.24, 2.45) is 0 Å². The number of nitrogen functional groups attached to an aromatic ring is 1. The maximum atomic E-state index is 9.49. The van der Waals surface area contributed by atoms with Gasteiger partial charge in [0, 0.05) is 17.3 Å². The number of furan rings is 1. The van der Waals surface area contributed by atoms with Crippen LogP contribution < -0.4 is 10.5 Å². The lowest BCUT2D eigenvalue weighted by molar-refractivity contribution is 0.248. The average molecular weight is 387 g/mol. The fraction of sp³-hybridized carbons (Fsp3) is 0.0952. The van der Waals surface area contributed by atoms with Gasteiger partial charge in [0.1, 0.15) is 41.3 Å². The second-order valence-electron chi connectivity index (χ2n) is 6.22. The number of rotatable bonds is 5. The third-order valence-corrected chi connectivity index (χ3v) is 4.46. The first-order valence-corrected chi connectivity index (χ1v) is 8.73. The average Bonchev–Trinajstić information content (AvgIpc) is 3.43. The number of aliphatic hydroxyl groups is 1. The highest BCUT2D eigenvalue weighted by atomic mass is 16.5. The van der Waals surface area contributed by atoms with Gasteiger partial charge in [-0.05, 0) is 42.5 Å². The SMILES string of the molecule is COc1ccc(-n2cc(-c3cc(-c4ccc(CO)o4)c(C#N)c(N)n3)cn2)cc1. The number of ether oxygens (including phenoxy) is 1. The number of hydrogen-bond donors (Lipinski definition) is 2. The Bertz CT molecular complexity index is 1200. The first kappa shape index (κ1) is 18.3. The molecule has 4 aromatic rings. The van der Waals surface area contributed by atoms with E-state index in [2.05, 4.69) is 16.2 Å². The van der Waals surface area contributed by atoms with Crippen LogP contribution >= 0.6 is 0 Å². The molecule has 0 atom stereocenters. The number of benzene rings is 1. The molecule has 1 aromatic carbocycles. The summed E-state index contributed by atoms with van der Waals surface area (Å²) in [5, 5.41) is 23.1. The van der Waals surface area contributed by atoms with E-state index in [4.69, 9.17) is 14.9 Å². The van der Waals surface area contributed by atoms with Gasteiger partial charge in [-0.15, -0.1) is 0 Å². The summed E-state index contributed by atoms with van der Waals surface area (Å²) < 4.78 is 12.5. The van der Waals surface area contributed by atoms with Crippen molar-refractivity contribution in [1.29, 1.82) is 5.26 Å². The molecule has 0 saturated carbocycles. The lowest BCUT2D eigenvalue weighted by atomic mass is 10.0. The monoisotopic (exact) mass is 387 g/mol. The fourth-order valence-electron chi connectivity index (χ4n) is 2.96. The molecule has 0 bridgehead atoms. The minimum Gasteiger partial charge on any atom is -0.497 e. The third kappa shape index (κ3) is 3.42. The van der Waals surface area contributed by atoms with E-state index < -0.39 is 0 Å². The van der Waals surface area contributed by atoms with Crippen LogP contribution in [-0.4, -0.2) is 27.0 Å². The number of anilines is 1. The van der Waals surface area contributed by atoms with Gasteiger partial charge in [0.25, 0.3) is 0 Å². The molecule has 3 aromatic heterocycles. The van der Waals surface area contributed by atoms with E-state index in [0.29, 0.717) is 22.8 Å². The van der Waals surface area contributed by atoms with E-state index >= 15 is 0 Å². The maximum absolute atomic E-state index is 9.49. The Labute approximate surface area is 166 Å². The highest BCUT2D eigenvalue weighted by Crippen LogP contribution is 2.32. The van der Waals surface area contributed by atoms with Crippen LogP contribution in [0.4, 0.5) is 5.82 Å². The van der Waals surface area contributed by atoms with E-state index in [9.17, 15) is 10.4 Å². The predicted octanol–water partition coefficient (Wildman–Crippen LogP) is 3.15. The normalized spacial score (nSPS) is 10.7. The minimum atomic E-state index is -0.232. The molecule has 3 heterocycles. The lowest BCUT2D eigenvalue weighted by Gasteiger charge is -2.07. The molecule has 0 aliphatic rings. The van der Waals surface area contributed by atoms with Gasteiger partial charge in [-0.2, -0.15) is 10.4 Å². The number of aliphatic hydroxyl groups excluding tert-OH is 1. The topological polar surface area (TPSA) is 123 Å². The molecule has 0 fully saturated rings. The zero-order valence-corrected chi connectivity index (χ0v) is 15.5. The number of pyridine rings is 1. The standard InChI is InChI=1S/C21H17N5O3/c1-28-15-4-2-14(3-5-15)26-11-13(10-24-26)19-8-17(18(9-22)21(23)25-19)20-7-6-16(12-27)29-20/h2-8,10-11,27H,12H2,1H3,(H2,23,25). The van der Waals surface area contributed by atoms with Crippen molar-refractivity contribution in [3.63, 3.8) is 0 Å². The number of nitrogens with zero attached hydrogens (tertiary/aromatic N) is 4. The van der Waals surface area contributed by atoms with Crippen molar-refractivity contribution < 1.29 is 14.3 Å². The van der Waals surface area contributed by atoms with Crippen LogP contribution in [0.1, 0.15) is 11.3 Å². The van der Waals surface area contributed by atoms with Crippen LogP contribution in [0.3, 0.4) is 0 Å². The van der Waals surface area contributed by atoms with Gasteiger partial charge in [-0.1, -0.05) is 0 Å². The van der Waals surface area contributed by atoms with Crippen molar-refractivity contribution in [2.75, 3.05) is 12.8 Å². The molecule has 0 spiro atoms. The van der Waals surface area contributed by atoms with Gasteiger partial charge in [-0.25, -0.2) is 9.67 Å². The summed E-state index contributed by atoms with van der Waals surface area (Å²) in [7, 11) is 1.61. The van der Waals surface area contributed by atoms with Gasteiger partial charge in [0.15, 0.2) is 0 Å². The van der Waals surface area contributed by atoms with Crippen LogP contribution in [0.15, 0.2) is 59.3 Å². The summed E-state index contributed by atoms with van der Waals surface area (Å²) in [6, 6.07) is 14.6. The number of methoxy groups -OCH3 is 1. The smallest absolute Gasteiger partial charge is 0.142 e. The minimum absolute atomic E-state index is 0.0964. The van der Waals surface area contributed by atoms with Crippen molar-refractivity contribution >= 4 is 5.82 Å². The largest absolute Gasteiger partial charge is 0.497 e. The highest BCUT2D eigenvalue weighted by Gasteiger charge is 2.17. The Morgan fingerprint density at radius 1 is 1.24 bits per heavy atom. The Hall–Kier alpha value is -4.09. The molecule has 0 amide bonds. The second kappa shape index (κ2) is 7.50. The number of nitrogens with two attached hydrogens (primary N) is 1. The van der Waals surface area contributed by atoms with Crippen LogP contribution in [-0.2, 0) is 6.61 Å². The van der Waals surface area contributed by atoms with Gasteiger partial charge in [0.05, 0.1) is 24.7 Å². The lowest BCUT2D eigenvalue weighted by Crippen LogP contribution is -1.99. The maximum Gasteiger partial charge on any atom is 0.142 e. The predicted molar refractivity (Wildman–Crippen MR) is 106 cm³/mol. The van der Waals surface area contributed by atoms with Crippen molar-refractivity contribution in [3.05, 3.63) is 66.2 Å². The first-order valence-electron chi connectivity index (χ1n) is 8.73. The highest BCUT2D eigenvalue weighted by molar-refractivity contribution is 5.77. The Kier molecular flexibility index (Phi) is 4.73. The second-order valence-corrected chi connectivity index (χ2v) is 6.22. The molecule has 8 nitrogen and oxygen atoms in total. The summed E-state index contributed by atoms with van der Waals surface area (Å²) in [4.78, 5) is 4.35. The van der Waals surface area contributed by atoms with Crippen LogP contribution in [0.5, 0.6) is 5.75 Å². The Morgan fingerprint density at radius 3 is 2.69 bits per heavy atom. The zero-order valence-electron chi connectivity index (χ0n) is 15.5. The van der Waals surface area contributed by atoms with E-state index in [1.165, 1.54) is 0 Å². The van der Waals surface area contributed by atoms with Crippen molar-refractivity contribution in [1.82, 2.24) is 14.8 Å².